The van der Waals surface area contributed by atoms with E-state index < -0.39 is 17.9 Å². The summed E-state index contributed by atoms with van der Waals surface area (Å²) in [6.45, 7) is 4.03. The third-order valence-corrected chi connectivity index (χ3v) is 4.37. The number of aliphatic carboxylic acids is 1. The third kappa shape index (κ3) is 2.99. The average Bonchev–Trinajstić information content (AvgIpc) is 3.12. The lowest BCUT2D eigenvalue weighted by Gasteiger charge is -2.24. The highest BCUT2D eigenvalue weighted by Gasteiger charge is 2.28. The number of benzene rings is 1. The molecule has 0 saturated heterocycles. The maximum absolute atomic E-state index is 12.3. The van der Waals surface area contributed by atoms with Crippen molar-refractivity contribution in [1.29, 1.82) is 0 Å². The molecule has 2 aromatic rings. The van der Waals surface area contributed by atoms with Gasteiger partial charge in [0.25, 0.3) is 5.91 Å². The topological polar surface area (TPSA) is 82.8 Å². The molecule has 0 bridgehead atoms. The van der Waals surface area contributed by atoms with Crippen molar-refractivity contribution in [2.75, 3.05) is 4.90 Å². The maximum Gasteiger partial charge on any atom is 0.325 e. The van der Waals surface area contributed by atoms with Gasteiger partial charge in [0, 0.05) is 11.7 Å². The number of carboxylic acids is 1. The normalized spacial score (nSPS) is 17.4. The molecule has 1 aromatic heterocycles. The first-order valence-corrected chi connectivity index (χ1v) is 7.92. The highest BCUT2D eigenvalue weighted by Crippen LogP contribution is 2.33. The van der Waals surface area contributed by atoms with Gasteiger partial charge in [-0.2, -0.15) is 0 Å². The smallest absolute Gasteiger partial charge is 0.325 e. The van der Waals surface area contributed by atoms with Gasteiger partial charge in [0.2, 0.25) is 0 Å². The molecule has 6 heteroatoms. The molecule has 1 aromatic carbocycles. The number of para-hydroxylation sites is 1. The molecular weight excluding hydrogens is 308 g/mol. The van der Waals surface area contributed by atoms with E-state index in [9.17, 15) is 9.59 Å². The molecule has 2 N–H and O–H groups in total. The molecule has 1 aliphatic rings. The number of furan rings is 1. The van der Waals surface area contributed by atoms with Gasteiger partial charge in [0.15, 0.2) is 0 Å². The molecule has 0 aliphatic carbocycles. The molecule has 1 aliphatic heterocycles. The highest BCUT2D eigenvalue weighted by atomic mass is 16.4. The molecule has 0 fully saturated rings. The first-order chi connectivity index (χ1) is 11.5. The average molecular weight is 328 g/mol. The van der Waals surface area contributed by atoms with Crippen LogP contribution in [0.3, 0.4) is 0 Å². The molecular formula is C18H20N2O4. The summed E-state index contributed by atoms with van der Waals surface area (Å²) < 4.78 is 5.50. The predicted octanol–water partition coefficient (Wildman–Crippen LogP) is 2.43. The minimum Gasteiger partial charge on any atom is -0.480 e. The fourth-order valence-electron chi connectivity index (χ4n) is 3.03. The Hall–Kier alpha value is -2.76. The zero-order chi connectivity index (χ0) is 17.3. The zero-order valence-corrected chi connectivity index (χ0v) is 13.7. The summed E-state index contributed by atoms with van der Waals surface area (Å²) in [5, 5.41) is 11.4. The van der Waals surface area contributed by atoms with Gasteiger partial charge in [-0.25, -0.2) is 0 Å². The van der Waals surface area contributed by atoms with Crippen LogP contribution >= 0.6 is 0 Å². The Labute approximate surface area is 140 Å². The van der Waals surface area contributed by atoms with E-state index in [0.29, 0.717) is 23.9 Å². The number of amides is 1. The van der Waals surface area contributed by atoms with Gasteiger partial charge >= 0.3 is 5.97 Å². The van der Waals surface area contributed by atoms with E-state index in [0.717, 1.165) is 12.1 Å². The van der Waals surface area contributed by atoms with Gasteiger partial charge in [-0.3, -0.25) is 9.59 Å². The lowest BCUT2D eigenvalue weighted by atomic mass is 10.1. The Bertz CT molecular complexity index is 768. The minimum atomic E-state index is -1.07. The fourth-order valence-corrected chi connectivity index (χ4v) is 3.03. The van der Waals surface area contributed by atoms with Crippen LogP contribution in [0.4, 0.5) is 5.69 Å². The van der Waals surface area contributed by atoms with Gasteiger partial charge in [0.05, 0.1) is 18.4 Å². The Kier molecular flexibility index (Phi) is 4.29. The Morgan fingerprint density at radius 2 is 2.12 bits per heavy atom. The highest BCUT2D eigenvalue weighted by molar-refractivity contribution is 5.97. The molecule has 1 amide bonds. The van der Waals surface area contributed by atoms with Crippen molar-refractivity contribution in [3.63, 3.8) is 0 Å². The summed E-state index contributed by atoms with van der Waals surface area (Å²) in [7, 11) is 0. The van der Waals surface area contributed by atoms with Crippen LogP contribution in [0, 0.1) is 0 Å². The van der Waals surface area contributed by atoms with Crippen molar-refractivity contribution in [1.82, 2.24) is 5.32 Å². The second-order valence-electron chi connectivity index (χ2n) is 6.10. The number of hydrogen-bond acceptors (Lipinski definition) is 4. The number of nitrogens with zero attached hydrogens (tertiary/aromatic N) is 1. The molecule has 0 radical (unpaired) electrons. The van der Waals surface area contributed by atoms with Crippen molar-refractivity contribution >= 4 is 17.6 Å². The summed E-state index contributed by atoms with van der Waals surface area (Å²) in [5.41, 5.74) is 2.80. The van der Waals surface area contributed by atoms with Crippen LogP contribution in [0.1, 0.15) is 35.5 Å². The number of hydrogen-bond donors (Lipinski definition) is 2. The number of nitrogens with one attached hydrogen (secondary N) is 1. The van der Waals surface area contributed by atoms with Crippen LogP contribution in [0.15, 0.2) is 41.0 Å². The van der Waals surface area contributed by atoms with Crippen LogP contribution in [0.25, 0.3) is 0 Å². The molecule has 24 heavy (non-hydrogen) atoms. The Morgan fingerprint density at radius 1 is 1.38 bits per heavy atom. The van der Waals surface area contributed by atoms with Gasteiger partial charge in [-0.1, -0.05) is 18.2 Å². The largest absolute Gasteiger partial charge is 0.480 e. The van der Waals surface area contributed by atoms with Crippen LogP contribution in [0.5, 0.6) is 0 Å². The van der Waals surface area contributed by atoms with Gasteiger partial charge in [0.1, 0.15) is 11.8 Å². The second-order valence-corrected chi connectivity index (χ2v) is 6.10. The molecule has 126 valence electrons. The van der Waals surface area contributed by atoms with Gasteiger partial charge in [-0.15, -0.1) is 0 Å². The summed E-state index contributed by atoms with van der Waals surface area (Å²) in [6.07, 6.45) is 2.41. The number of carbonyl (C=O) groups is 2. The van der Waals surface area contributed by atoms with Crippen molar-refractivity contribution in [2.45, 2.75) is 38.9 Å². The molecule has 0 spiro atoms. The fraction of sp³-hybridized carbons (Fsp3) is 0.333. The van der Waals surface area contributed by atoms with E-state index in [4.69, 9.17) is 9.52 Å². The number of rotatable bonds is 5. The monoisotopic (exact) mass is 328 g/mol. The van der Waals surface area contributed by atoms with Crippen LogP contribution < -0.4 is 10.2 Å². The molecule has 0 saturated carbocycles. The number of carboxylic acid groups (broad SMARTS) is 1. The molecule has 3 rings (SSSR count). The quantitative estimate of drug-likeness (QED) is 0.881. The Balaban J connectivity index is 1.79. The first kappa shape index (κ1) is 16.1. The van der Waals surface area contributed by atoms with Gasteiger partial charge < -0.3 is 19.7 Å². The van der Waals surface area contributed by atoms with E-state index in [1.54, 1.807) is 6.07 Å². The van der Waals surface area contributed by atoms with E-state index in [1.807, 2.05) is 12.1 Å². The van der Waals surface area contributed by atoms with E-state index in [1.165, 1.54) is 18.8 Å². The lowest BCUT2D eigenvalue weighted by Crippen LogP contribution is -2.38. The van der Waals surface area contributed by atoms with Crippen LogP contribution in [-0.2, 0) is 17.8 Å². The minimum absolute atomic E-state index is 0.307. The summed E-state index contributed by atoms with van der Waals surface area (Å²) >= 11 is 0. The van der Waals surface area contributed by atoms with E-state index in [-0.39, 0.29) is 0 Å². The molecule has 2 atom stereocenters. The SMILES string of the molecule is CC1Cc2ccccc2N1Cc1occc1C(=O)N[C@@H](C)C(=O)O. The van der Waals surface area contributed by atoms with Crippen LogP contribution in [0.2, 0.25) is 0 Å². The number of anilines is 1. The molecule has 6 nitrogen and oxygen atoms in total. The van der Waals surface area contributed by atoms with E-state index >= 15 is 0 Å². The summed E-state index contributed by atoms with van der Waals surface area (Å²) in [6, 6.07) is 9.12. The van der Waals surface area contributed by atoms with Crippen molar-refractivity contribution < 1.29 is 19.1 Å². The first-order valence-electron chi connectivity index (χ1n) is 7.92. The number of fused-ring (bicyclic) bond motifs is 1. The van der Waals surface area contributed by atoms with Gasteiger partial charge in [-0.05, 0) is 38.0 Å². The Morgan fingerprint density at radius 3 is 2.88 bits per heavy atom. The standard InChI is InChI=1S/C18H20N2O4/c1-11-9-13-5-3-4-6-15(13)20(11)10-16-14(7-8-24-16)17(21)19-12(2)18(22)23/h3-8,11-12H,9-10H2,1-2H3,(H,19,21)(H,22,23)/t11?,12-/m0/s1. The molecule has 1 unspecified atom stereocenters. The predicted molar refractivity (Wildman–Crippen MR) is 89.1 cm³/mol. The lowest BCUT2D eigenvalue weighted by molar-refractivity contribution is -0.138. The van der Waals surface area contributed by atoms with Crippen LogP contribution in [-0.4, -0.2) is 29.1 Å². The zero-order valence-electron chi connectivity index (χ0n) is 13.7. The summed E-state index contributed by atoms with van der Waals surface area (Å²) in [4.78, 5) is 25.4. The van der Waals surface area contributed by atoms with Crippen molar-refractivity contribution in [2.24, 2.45) is 0 Å². The van der Waals surface area contributed by atoms with Crippen molar-refractivity contribution in [3.05, 3.63) is 53.5 Å². The second kappa shape index (κ2) is 6.39. The third-order valence-electron chi connectivity index (χ3n) is 4.37. The van der Waals surface area contributed by atoms with Crippen molar-refractivity contribution in [3.8, 4) is 0 Å². The maximum atomic E-state index is 12.3. The number of carbonyl (C=O) groups excluding carboxylic acids is 1. The summed E-state index contributed by atoms with van der Waals surface area (Å²) in [5.74, 6) is -0.974. The molecule has 2 heterocycles. The van der Waals surface area contributed by atoms with E-state index in [2.05, 4.69) is 29.3 Å².